The summed E-state index contributed by atoms with van der Waals surface area (Å²) in [4.78, 5) is 31.5. The van der Waals surface area contributed by atoms with Crippen LogP contribution in [0.2, 0.25) is 0 Å². The molecule has 0 spiro atoms. The molecule has 0 aromatic heterocycles. The lowest BCUT2D eigenvalue weighted by atomic mass is 10.1. The second-order valence-electron chi connectivity index (χ2n) is 7.00. The van der Waals surface area contributed by atoms with E-state index < -0.39 is 0 Å². The molecule has 1 fully saturated rings. The molecule has 1 rings (SSSR count). The van der Waals surface area contributed by atoms with Gasteiger partial charge in [0.05, 0.1) is 0 Å². The second-order valence-corrected chi connectivity index (χ2v) is 7.00. The molecule has 1 heterocycles. The third-order valence-corrected chi connectivity index (χ3v) is 4.45. The molecule has 0 radical (unpaired) electrons. The predicted molar refractivity (Wildman–Crippen MR) is 117 cm³/mol. The summed E-state index contributed by atoms with van der Waals surface area (Å²) in [5, 5.41) is 6.46. The van der Waals surface area contributed by atoms with E-state index in [0.29, 0.717) is 50.4 Å². The highest BCUT2D eigenvalue weighted by molar-refractivity contribution is 14.0. The third-order valence-electron chi connectivity index (χ3n) is 4.45. The van der Waals surface area contributed by atoms with Crippen molar-refractivity contribution in [3.05, 3.63) is 0 Å². The van der Waals surface area contributed by atoms with E-state index in [9.17, 15) is 9.59 Å². The van der Waals surface area contributed by atoms with E-state index in [4.69, 9.17) is 0 Å². The normalized spacial score (nSPS) is 15.7. The molecular weight excluding hydrogens is 445 g/mol. The van der Waals surface area contributed by atoms with Crippen LogP contribution in [0.3, 0.4) is 0 Å². The van der Waals surface area contributed by atoms with Gasteiger partial charge in [-0.3, -0.25) is 24.4 Å². The minimum atomic E-state index is -0.0662. The number of hydrogen-bond donors (Lipinski definition) is 2. The van der Waals surface area contributed by atoms with E-state index in [2.05, 4.69) is 48.2 Å². The number of aliphatic imine (C=N–C) groups is 1. The molecule has 0 unspecified atom stereocenters. The molecule has 1 aliphatic heterocycles. The summed E-state index contributed by atoms with van der Waals surface area (Å²) in [6.07, 6.45) is 2.65. The molecule has 0 aromatic carbocycles. The van der Waals surface area contributed by atoms with Crippen molar-refractivity contribution in [2.45, 2.75) is 65.5 Å². The molecule has 8 heteroatoms. The highest BCUT2D eigenvalue weighted by Crippen LogP contribution is 2.11. The van der Waals surface area contributed by atoms with E-state index in [-0.39, 0.29) is 35.8 Å². The minimum absolute atomic E-state index is 0. The molecule has 7 nitrogen and oxygen atoms in total. The smallest absolute Gasteiger partial charge is 0.229 e. The van der Waals surface area contributed by atoms with Crippen LogP contribution in [-0.2, 0) is 9.59 Å². The Labute approximate surface area is 175 Å². The zero-order chi connectivity index (χ0) is 18.8. The Morgan fingerprint density at radius 1 is 1.08 bits per heavy atom. The summed E-state index contributed by atoms with van der Waals surface area (Å²) < 4.78 is 0. The fraction of sp³-hybridized carbons (Fsp3) is 0.833. The first-order valence-corrected chi connectivity index (χ1v) is 9.40. The fourth-order valence-corrected chi connectivity index (χ4v) is 3.14. The summed E-state index contributed by atoms with van der Waals surface area (Å²) in [6, 6.07) is 1.08. The Morgan fingerprint density at radius 2 is 1.62 bits per heavy atom. The zero-order valence-electron chi connectivity index (χ0n) is 16.9. The topological polar surface area (TPSA) is 77.0 Å². The van der Waals surface area contributed by atoms with Crippen LogP contribution in [0, 0.1) is 0 Å². The van der Waals surface area contributed by atoms with Crippen molar-refractivity contribution in [1.29, 1.82) is 0 Å². The van der Waals surface area contributed by atoms with Gasteiger partial charge in [0.2, 0.25) is 11.8 Å². The van der Waals surface area contributed by atoms with Crippen LogP contribution in [0.1, 0.15) is 53.4 Å². The Hall–Kier alpha value is -0.900. The van der Waals surface area contributed by atoms with Gasteiger partial charge in [0, 0.05) is 58.2 Å². The molecule has 26 heavy (non-hydrogen) atoms. The SMILES string of the molecule is CN=C(NCCCN(C(C)C)C(C)C)NCCN1C(=O)CCCC1=O.I. The van der Waals surface area contributed by atoms with Crippen molar-refractivity contribution < 1.29 is 9.59 Å². The maximum Gasteiger partial charge on any atom is 0.229 e. The summed E-state index contributed by atoms with van der Waals surface area (Å²) in [5.41, 5.74) is 0. The summed E-state index contributed by atoms with van der Waals surface area (Å²) in [5.74, 6) is 0.574. The van der Waals surface area contributed by atoms with E-state index in [0.717, 1.165) is 19.5 Å². The highest BCUT2D eigenvalue weighted by Gasteiger charge is 2.25. The van der Waals surface area contributed by atoms with E-state index in [1.54, 1.807) is 7.05 Å². The molecule has 0 saturated carbocycles. The van der Waals surface area contributed by atoms with Crippen molar-refractivity contribution in [3.63, 3.8) is 0 Å². The number of likely N-dealkylation sites (tertiary alicyclic amines) is 1. The molecule has 152 valence electrons. The van der Waals surface area contributed by atoms with Gasteiger partial charge in [-0.1, -0.05) is 0 Å². The van der Waals surface area contributed by atoms with Gasteiger partial charge < -0.3 is 10.6 Å². The maximum atomic E-state index is 11.8. The summed E-state index contributed by atoms with van der Waals surface area (Å²) in [7, 11) is 1.72. The van der Waals surface area contributed by atoms with Gasteiger partial charge in [0.25, 0.3) is 0 Å². The van der Waals surface area contributed by atoms with Crippen LogP contribution >= 0.6 is 24.0 Å². The highest BCUT2D eigenvalue weighted by atomic mass is 127. The fourth-order valence-electron chi connectivity index (χ4n) is 3.14. The zero-order valence-corrected chi connectivity index (χ0v) is 19.2. The summed E-state index contributed by atoms with van der Waals surface area (Å²) >= 11 is 0. The van der Waals surface area contributed by atoms with Crippen molar-refractivity contribution in [3.8, 4) is 0 Å². The quantitative estimate of drug-likeness (QED) is 0.173. The van der Waals surface area contributed by atoms with E-state index in [1.807, 2.05) is 0 Å². The van der Waals surface area contributed by atoms with Crippen molar-refractivity contribution in [1.82, 2.24) is 20.4 Å². The summed E-state index contributed by atoms with van der Waals surface area (Å²) in [6.45, 7) is 11.7. The Bertz CT molecular complexity index is 444. The molecular formula is C18H36IN5O2. The molecule has 0 aromatic rings. The maximum absolute atomic E-state index is 11.8. The van der Waals surface area contributed by atoms with E-state index in [1.165, 1.54) is 4.90 Å². The largest absolute Gasteiger partial charge is 0.356 e. The number of hydrogen-bond acceptors (Lipinski definition) is 4. The van der Waals surface area contributed by atoms with Gasteiger partial charge in [-0.05, 0) is 40.5 Å². The number of amides is 2. The average molecular weight is 481 g/mol. The molecule has 2 amide bonds. The lowest BCUT2D eigenvalue weighted by Gasteiger charge is -2.30. The molecule has 0 aliphatic carbocycles. The molecule has 1 aliphatic rings. The molecule has 1 saturated heterocycles. The van der Waals surface area contributed by atoms with Crippen LogP contribution in [-0.4, -0.2) is 72.9 Å². The van der Waals surface area contributed by atoms with Crippen molar-refractivity contribution in [2.75, 3.05) is 33.2 Å². The number of rotatable bonds is 9. The lowest BCUT2D eigenvalue weighted by Crippen LogP contribution is -2.47. The number of carbonyl (C=O) groups excluding carboxylic acids is 2. The predicted octanol–water partition coefficient (Wildman–Crippen LogP) is 1.82. The lowest BCUT2D eigenvalue weighted by molar-refractivity contribution is -0.147. The van der Waals surface area contributed by atoms with E-state index >= 15 is 0 Å². The first-order valence-electron chi connectivity index (χ1n) is 9.40. The number of guanidine groups is 1. The number of imide groups is 1. The second kappa shape index (κ2) is 13.3. The Morgan fingerprint density at radius 3 is 2.12 bits per heavy atom. The van der Waals surface area contributed by atoms with Gasteiger partial charge in [-0.2, -0.15) is 0 Å². The first kappa shape index (κ1) is 25.1. The van der Waals surface area contributed by atoms with Crippen LogP contribution < -0.4 is 10.6 Å². The van der Waals surface area contributed by atoms with Crippen molar-refractivity contribution in [2.24, 2.45) is 4.99 Å². The number of halogens is 1. The van der Waals surface area contributed by atoms with Crippen LogP contribution in [0.5, 0.6) is 0 Å². The number of nitrogens with one attached hydrogen (secondary N) is 2. The molecule has 2 N–H and O–H groups in total. The standard InChI is InChI=1S/C18H35N5O2.HI/c1-14(2)22(15(3)4)12-7-10-20-18(19-5)21-11-13-23-16(24)8-6-9-17(23)25;/h14-15H,6-13H2,1-5H3,(H2,19,20,21);1H. The van der Waals surface area contributed by atoms with Crippen LogP contribution in [0.25, 0.3) is 0 Å². The third kappa shape index (κ3) is 8.66. The van der Waals surface area contributed by atoms with Gasteiger partial charge in [-0.25, -0.2) is 0 Å². The average Bonchev–Trinajstić information content (AvgIpc) is 2.54. The molecule has 0 bridgehead atoms. The van der Waals surface area contributed by atoms with Gasteiger partial charge in [0.1, 0.15) is 0 Å². The van der Waals surface area contributed by atoms with Crippen LogP contribution in [0.15, 0.2) is 4.99 Å². The minimum Gasteiger partial charge on any atom is -0.356 e. The van der Waals surface area contributed by atoms with Gasteiger partial charge >= 0.3 is 0 Å². The first-order chi connectivity index (χ1) is 11.9. The monoisotopic (exact) mass is 481 g/mol. The number of nitrogens with zero attached hydrogens (tertiary/aromatic N) is 3. The van der Waals surface area contributed by atoms with Crippen LogP contribution in [0.4, 0.5) is 0 Å². The van der Waals surface area contributed by atoms with Gasteiger partial charge in [-0.15, -0.1) is 24.0 Å². The number of carbonyl (C=O) groups is 2. The number of piperidine rings is 1. The molecule has 0 atom stereocenters. The van der Waals surface area contributed by atoms with Crippen molar-refractivity contribution >= 4 is 41.8 Å². The Kier molecular flexibility index (Phi) is 12.8. The van der Waals surface area contributed by atoms with Gasteiger partial charge in [0.15, 0.2) is 5.96 Å². The Balaban J connectivity index is 0.00000625.